The van der Waals surface area contributed by atoms with Gasteiger partial charge in [0.2, 0.25) is 0 Å². The summed E-state index contributed by atoms with van der Waals surface area (Å²) in [5.74, 6) is -0.639. The maximum absolute atomic E-state index is 12.0. The first-order valence-corrected chi connectivity index (χ1v) is 24.2. The monoisotopic (exact) mass is 747 g/mol. The molecule has 0 aliphatic carbocycles. The lowest BCUT2D eigenvalue weighted by Crippen LogP contribution is -2.05. The molecule has 4 nitrogen and oxygen atoms in total. The second kappa shape index (κ2) is 46.8. The van der Waals surface area contributed by atoms with Gasteiger partial charge in [0.05, 0.1) is 6.61 Å². The van der Waals surface area contributed by atoms with Crippen molar-refractivity contribution in [1.29, 1.82) is 0 Å². The molecule has 0 aromatic rings. The van der Waals surface area contributed by atoms with Crippen LogP contribution in [0.4, 0.5) is 0 Å². The van der Waals surface area contributed by atoms with E-state index in [0.717, 1.165) is 25.7 Å². The van der Waals surface area contributed by atoms with E-state index in [4.69, 9.17) is 9.84 Å². The molecule has 0 radical (unpaired) electrons. The lowest BCUT2D eigenvalue weighted by molar-refractivity contribution is -0.144. The van der Waals surface area contributed by atoms with Gasteiger partial charge in [-0.1, -0.05) is 237 Å². The van der Waals surface area contributed by atoms with Crippen LogP contribution in [0.15, 0.2) is 12.2 Å². The Kier molecular flexibility index (Phi) is 45.7. The molecule has 0 saturated heterocycles. The summed E-state index contributed by atoms with van der Waals surface area (Å²) in [5.41, 5.74) is 0. The molecule has 0 saturated carbocycles. The van der Waals surface area contributed by atoms with Gasteiger partial charge in [0.25, 0.3) is 0 Å². The molecule has 314 valence electrons. The number of ether oxygens (including phenoxy) is 1. The molecule has 0 aliphatic rings. The Labute approximate surface area is 332 Å². The van der Waals surface area contributed by atoms with Crippen molar-refractivity contribution < 1.29 is 19.4 Å². The van der Waals surface area contributed by atoms with Gasteiger partial charge in [0.1, 0.15) is 0 Å². The van der Waals surface area contributed by atoms with E-state index < -0.39 is 5.97 Å². The Hall–Kier alpha value is -1.32. The normalized spacial score (nSPS) is 11.6. The first kappa shape index (κ1) is 51.7. The number of carbonyl (C=O) groups is 2. The Bertz CT molecular complexity index is 747. The van der Waals surface area contributed by atoms with Crippen molar-refractivity contribution in [2.75, 3.05) is 6.61 Å². The second-order valence-electron chi connectivity index (χ2n) is 16.6. The molecule has 4 heteroatoms. The third-order valence-corrected chi connectivity index (χ3v) is 11.2. The van der Waals surface area contributed by atoms with E-state index in [2.05, 4.69) is 19.1 Å². The highest BCUT2D eigenvalue weighted by Crippen LogP contribution is 2.17. The van der Waals surface area contributed by atoms with E-state index in [0.29, 0.717) is 19.4 Å². The summed E-state index contributed by atoms with van der Waals surface area (Å²) in [5, 5.41) is 8.66. The maximum Gasteiger partial charge on any atom is 0.305 e. The molecule has 0 unspecified atom stereocenters. The molecule has 0 spiro atoms. The van der Waals surface area contributed by atoms with E-state index in [-0.39, 0.29) is 5.97 Å². The molecule has 0 bridgehead atoms. The zero-order chi connectivity index (χ0) is 38.4. The molecule has 0 aliphatic heterocycles. The highest BCUT2D eigenvalue weighted by molar-refractivity contribution is 5.69. The third-order valence-electron chi connectivity index (χ3n) is 11.2. The van der Waals surface area contributed by atoms with Crippen LogP contribution in [0.3, 0.4) is 0 Å². The highest BCUT2D eigenvalue weighted by atomic mass is 16.5. The molecule has 0 aromatic heterocycles. The topological polar surface area (TPSA) is 63.6 Å². The van der Waals surface area contributed by atoms with E-state index in [1.807, 2.05) is 0 Å². The molecule has 0 rings (SSSR count). The average molecular weight is 747 g/mol. The fourth-order valence-corrected chi connectivity index (χ4v) is 7.57. The van der Waals surface area contributed by atoms with Crippen molar-refractivity contribution in [3.8, 4) is 0 Å². The van der Waals surface area contributed by atoms with Crippen LogP contribution in [-0.2, 0) is 14.3 Å². The number of allylic oxidation sites excluding steroid dienone is 2. The predicted octanol–water partition coefficient (Wildman–Crippen LogP) is 17.0. The van der Waals surface area contributed by atoms with Gasteiger partial charge in [-0.3, -0.25) is 9.59 Å². The van der Waals surface area contributed by atoms with Crippen LogP contribution in [0.25, 0.3) is 0 Å². The number of hydrogen-bond donors (Lipinski definition) is 1. The zero-order valence-electron chi connectivity index (χ0n) is 35.9. The Balaban J connectivity index is 3.17. The standard InChI is InChI=1S/C49H94O4/c1-2-3-4-5-6-7-8-9-10-11-12-15-19-22-25-28-31-34-37-40-43-46-49(52)53-47-44-41-38-35-32-29-26-23-20-17-14-13-16-18-21-24-27-30-33-36-39-42-45-48(50)51/h9-10H,2-8,11-47H2,1H3,(H,50,51). The fourth-order valence-electron chi connectivity index (χ4n) is 7.57. The quantitative estimate of drug-likeness (QED) is 0.0383. The van der Waals surface area contributed by atoms with Crippen LogP contribution in [0.5, 0.6) is 0 Å². The van der Waals surface area contributed by atoms with E-state index in [9.17, 15) is 9.59 Å². The van der Waals surface area contributed by atoms with E-state index >= 15 is 0 Å². The van der Waals surface area contributed by atoms with Gasteiger partial charge in [0.15, 0.2) is 0 Å². The third kappa shape index (κ3) is 48.7. The van der Waals surface area contributed by atoms with Gasteiger partial charge in [-0.2, -0.15) is 0 Å². The molecular weight excluding hydrogens is 653 g/mol. The van der Waals surface area contributed by atoms with Crippen molar-refractivity contribution in [3.63, 3.8) is 0 Å². The van der Waals surface area contributed by atoms with Crippen LogP contribution < -0.4 is 0 Å². The number of esters is 1. The van der Waals surface area contributed by atoms with Gasteiger partial charge >= 0.3 is 11.9 Å². The van der Waals surface area contributed by atoms with Crippen molar-refractivity contribution >= 4 is 11.9 Å². The summed E-state index contributed by atoms with van der Waals surface area (Å²) in [7, 11) is 0. The smallest absolute Gasteiger partial charge is 0.305 e. The lowest BCUT2D eigenvalue weighted by atomic mass is 10.0. The van der Waals surface area contributed by atoms with Crippen molar-refractivity contribution in [1.82, 2.24) is 0 Å². The number of hydrogen-bond acceptors (Lipinski definition) is 3. The number of rotatable bonds is 46. The van der Waals surface area contributed by atoms with Gasteiger partial charge in [-0.25, -0.2) is 0 Å². The maximum atomic E-state index is 12.0. The minimum atomic E-state index is -0.657. The van der Waals surface area contributed by atoms with Crippen molar-refractivity contribution in [2.24, 2.45) is 0 Å². The van der Waals surface area contributed by atoms with E-state index in [1.54, 1.807) is 0 Å². The molecule has 53 heavy (non-hydrogen) atoms. The molecule has 0 heterocycles. The van der Waals surface area contributed by atoms with Crippen molar-refractivity contribution in [3.05, 3.63) is 12.2 Å². The second-order valence-corrected chi connectivity index (χ2v) is 16.6. The van der Waals surface area contributed by atoms with Crippen LogP contribution in [-0.4, -0.2) is 23.7 Å². The molecule has 0 fully saturated rings. The van der Waals surface area contributed by atoms with Gasteiger partial charge in [-0.05, 0) is 44.9 Å². The SMILES string of the molecule is CCCCCCCCC=CCCCCCCCCCCCCCC(=O)OCCCCCCCCCCCCCCCCCCCCCCCCC(=O)O. The van der Waals surface area contributed by atoms with E-state index in [1.165, 1.54) is 238 Å². The summed E-state index contributed by atoms with van der Waals surface area (Å²) >= 11 is 0. The Morgan fingerprint density at radius 3 is 0.943 bits per heavy atom. The van der Waals surface area contributed by atoms with Gasteiger partial charge in [0, 0.05) is 12.8 Å². The minimum absolute atomic E-state index is 0.0178. The molecule has 0 atom stereocenters. The highest BCUT2D eigenvalue weighted by Gasteiger charge is 2.03. The van der Waals surface area contributed by atoms with Crippen LogP contribution in [0.1, 0.15) is 283 Å². The van der Waals surface area contributed by atoms with Crippen LogP contribution in [0.2, 0.25) is 0 Å². The molecular formula is C49H94O4. The minimum Gasteiger partial charge on any atom is -0.481 e. The number of carbonyl (C=O) groups excluding carboxylic acids is 1. The molecule has 1 N–H and O–H groups in total. The Morgan fingerprint density at radius 2 is 0.623 bits per heavy atom. The zero-order valence-corrected chi connectivity index (χ0v) is 35.9. The summed E-state index contributed by atoms with van der Waals surface area (Å²) in [6, 6.07) is 0. The average Bonchev–Trinajstić information content (AvgIpc) is 3.15. The van der Waals surface area contributed by atoms with Gasteiger partial charge < -0.3 is 9.84 Å². The predicted molar refractivity (Wildman–Crippen MR) is 232 cm³/mol. The first-order chi connectivity index (χ1) is 26.2. The Morgan fingerprint density at radius 1 is 0.358 bits per heavy atom. The summed E-state index contributed by atoms with van der Waals surface area (Å²) in [6.45, 7) is 2.91. The number of carboxylic acid groups (broad SMARTS) is 1. The first-order valence-electron chi connectivity index (χ1n) is 24.2. The number of aliphatic carboxylic acids is 1. The van der Waals surface area contributed by atoms with Crippen LogP contribution in [0, 0.1) is 0 Å². The molecule has 0 amide bonds. The largest absolute Gasteiger partial charge is 0.481 e. The summed E-state index contributed by atoms with van der Waals surface area (Å²) in [4.78, 5) is 22.5. The molecule has 0 aromatic carbocycles. The number of carboxylic acids is 1. The summed E-state index contributed by atoms with van der Waals surface area (Å²) in [6.07, 6.45) is 59.9. The van der Waals surface area contributed by atoms with Crippen molar-refractivity contribution in [2.45, 2.75) is 283 Å². The fraction of sp³-hybridized carbons (Fsp3) is 0.918. The van der Waals surface area contributed by atoms with Crippen LogP contribution >= 0.6 is 0 Å². The number of unbranched alkanes of at least 4 members (excludes halogenated alkanes) is 38. The van der Waals surface area contributed by atoms with Gasteiger partial charge in [-0.15, -0.1) is 0 Å². The lowest BCUT2D eigenvalue weighted by Gasteiger charge is -2.06. The summed E-state index contributed by atoms with van der Waals surface area (Å²) < 4.78 is 5.48.